The number of hydrogen-bond acceptors (Lipinski definition) is 4. The van der Waals surface area contributed by atoms with Gasteiger partial charge in [0.1, 0.15) is 5.69 Å². The molecule has 0 saturated heterocycles. The van der Waals surface area contributed by atoms with Crippen LogP contribution in [0.4, 0.5) is 0 Å². The van der Waals surface area contributed by atoms with E-state index in [4.69, 9.17) is 4.42 Å². The SMILES string of the molecule is O=C(CCc1c[nH]c2ccccc12)NCCn1nc(-c2ccco2)ccc1=O. The van der Waals surface area contributed by atoms with Gasteiger partial charge in [0.15, 0.2) is 5.76 Å². The average molecular weight is 376 g/mol. The summed E-state index contributed by atoms with van der Waals surface area (Å²) in [7, 11) is 0. The maximum atomic E-state index is 12.2. The molecule has 7 heteroatoms. The van der Waals surface area contributed by atoms with Crippen LogP contribution >= 0.6 is 0 Å². The van der Waals surface area contributed by atoms with Gasteiger partial charge < -0.3 is 14.7 Å². The van der Waals surface area contributed by atoms with Crippen LogP contribution in [0.5, 0.6) is 0 Å². The molecule has 0 spiro atoms. The Hall–Kier alpha value is -3.61. The van der Waals surface area contributed by atoms with Crippen molar-refractivity contribution in [3.63, 3.8) is 0 Å². The second-order valence-corrected chi connectivity index (χ2v) is 6.47. The zero-order valence-corrected chi connectivity index (χ0v) is 15.2. The van der Waals surface area contributed by atoms with Crippen molar-refractivity contribution in [2.24, 2.45) is 0 Å². The molecular formula is C21H20N4O3. The summed E-state index contributed by atoms with van der Waals surface area (Å²) in [5.74, 6) is 0.539. The minimum Gasteiger partial charge on any atom is -0.463 e. The minimum absolute atomic E-state index is 0.0551. The molecule has 4 aromatic rings. The number of fused-ring (bicyclic) bond motifs is 1. The van der Waals surface area contributed by atoms with E-state index in [0.717, 1.165) is 16.5 Å². The van der Waals surface area contributed by atoms with Gasteiger partial charge in [0.25, 0.3) is 5.56 Å². The summed E-state index contributed by atoms with van der Waals surface area (Å²) < 4.78 is 6.64. The number of nitrogens with zero attached hydrogens (tertiary/aromatic N) is 2. The summed E-state index contributed by atoms with van der Waals surface area (Å²) in [5, 5.41) is 8.28. The van der Waals surface area contributed by atoms with Crippen LogP contribution in [0.2, 0.25) is 0 Å². The van der Waals surface area contributed by atoms with Crippen LogP contribution in [0.15, 0.2) is 70.2 Å². The van der Waals surface area contributed by atoms with E-state index in [2.05, 4.69) is 15.4 Å². The second kappa shape index (κ2) is 7.96. The van der Waals surface area contributed by atoms with Crippen LogP contribution in [-0.2, 0) is 17.8 Å². The van der Waals surface area contributed by atoms with Crippen molar-refractivity contribution in [3.05, 3.63) is 76.9 Å². The fourth-order valence-electron chi connectivity index (χ4n) is 3.14. The lowest BCUT2D eigenvalue weighted by Gasteiger charge is -2.08. The number of nitrogens with one attached hydrogen (secondary N) is 2. The van der Waals surface area contributed by atoms with Crippen molar-refractivity contribution in [2.75, 3.05) is 6.54 Å². The van der Waals surface area contributed by atoms with Crippen LogP contribution < -0.4 is 10.9 Å². The summed E-state index contributed by atoms with van der Waals surface area (Å²) in [6.07, 6.45) is 4.54. The number of furan rings is 1. The standard InChI is InChI=1S/C21H20N4O3/c26-20(9-7-15-14-23-17-5-2-1-4-16(15)17)22-11-12-25-21(27)10-8-18(24-25)19-6-3-13-28-19/h1-6,8,10,13-14,23H,7,9,11-12H2,(H,22,26). The Kier molecular flexibility index (Phi) is 5.05. The largest absolute Gasteiger partial charge is 0.463 e. The molecule has 28 heavy (non-hydrogen) atoms. The maximum Gasteiger partial charge on any atom is 0.266 e. The lowest BCUT2D eigenvalue weighted by atomic mass is 10.1. The van der Waals surface area contributed by atoms with Crippen LogP contribution in [0, 0.1) is 0 Å². The van der Waals surface area contributed by atoms with Crippen LogP contribution in [0.25, 0.3) is 22.4 Å². The molecule has 0 aliphatic rings. The third-order valence-corrected chi connectivity index (χ3v) is 4.58. The van der Waals surface area contributed by atoms with Gasteiger partial charge in [-0.25, -0.2) is 4.68 Å². The van der Waals surface area contributed by atoms with Crippen LogP contribution in [-0.4, -0.2) is 27.2 Å². The van der Waals surface area contributed by atoms with Crippen molar-refractivity contribution in [1.82, 2.24) is 20.1 Å². The van der Waals surface area contributed by atoms with E-state index in [-0.39, 0.29) is 11.5 Å². The molecule has 2 N–H and O–H groups in total. The van der Waals surface area contributed by atoms with Gasteiger partial charge in [-0.1, -0.05) is 18.2 Å². The van der Waals surface area contributed by atoms with Gasteiger partial charge in [0, 0.05) is 36.1 Å². The molecule has 0 bridgehead atoms. The fraction of sp³-hybridized carbons (Fsp3) is 0.190. The second-order valence-electron chi connectivity index (χ2n) is 6.47. The number of aromatic nitrogens is 3. The van der Waals surface area contributed by atoms with Gasteiger partial charge in [-0.2, -0.15) is 5.10 Å². The zero-order chi connectivity index (χ0) is 19.3. The monoisotopic (exact) mass is 376 g/mol. The Balaban J connectivity index is 1.31. The maximum absolute atomic E-state index is 12.2. The first kappa shape index (κ1) is 17.8. The van der Waals surface area contributed by atoms with Crippen molar-refractivity contribution < 1.29 is 9.21 Å². The number of H-pyrrole nitrogens is 1. The Morgan fingerprint density at radius 3 is 2.89 bits per heavy atom. The number of para-hydroxylation sites is 1. The summed E-state index contributed by atoms with van der Waals surface area (Å²) in [6.45, 7) is 0.632. The molecule has 142 valence electrons. The average Bonchev–Trinajstić information content (AvgIpc) is 3.38. The van der Waals surface area contributed by atoms with E-state index in [1.54, 1.807) is 24.5 Å². The number of benzene rings is 1. The molecule has 3 heterocycles. The number of hydrogen-bond donors (Lipinski definition) is 2. The first-order valence-electron chi connectivity index (χ1n) is 9.14. The normalized spacial score (nSPS) is 11.0. The molecule has 0 radical (unpaired) electrons. The lowest BCUT2D eigenvalue weighted by molar-refractivity contribution is -0.121. The van der Waals surface area contributed by atoms with E-state index < -0.39 is 0 Å². The molecule has 0 atom stereocenters. The summed E-state index contributed by atoms with van der Waals surface area (Å²) >= 11 is 0. The van der Waals surface area contributed by atoms with Gasteiger partial charge in [-0.3, -0.25) is 9.59 Å². The first-order chi connectivity index (χ1) is 13.7. The Labute approximate surface area is 161 Å². The molecule has 0 saturated carbocycles. The Bertz CT molecular complexity index is 1140. The van der Waals surface area contributed by atoms with Crippen molar-refractivity contribution in [1.29, 1.82) is 0 Å². The van der Waals surface area contributed by atoms with Crippen LogP contribution in [0.1, 0.15) is 12.0 Å². The van der Waals surface area contributed by atoms with Gasteiger partial charge in [-0.15, -0.1) is 0 Å². The van der Waals surface area contributed by atoms with Crippen molar-refractivity contribution >= 4 is 16.8 Å². The number of carbonyl (C=O) groups excluding carboxylic acids is 1. The zero-order valence-electron chi connectivity index (χ0n) is 15.2. The van der Waals surface area contributed by atoms with Gasteiger partial charge in [-0.05, 0) is 36.2 Å². The lowest BCUT2D eigenvalue weighted by Crippen LogP contribution is -2.32. The van der Waals surface area contributed by atoms with E-state index in [1.165, 1.54) is 10.7 Å². The topological polar surface area (TPSA) is 92.9 Å². The third-order valence-electron chi connectivity index (χ3n) is 4.58. The first-order valence-corrected chi connectivity index (χ1v) is 9.14. The minimum atomic E-state index is -0.219. The van der Waals surface area contributed by atoms with E-state index in [9.17, 15) is 9.59 Å². The Morgan fingerprint density at radius 1 is 1.14 bits per heavy atom. The summed E-state index contributed by atoms with van der Waals surface area (Å²) in [4.78, 5) is 27.3. The molecule has 0 unspecified atom stereocenters. The quantitative estimate of drug-likeness (QED) is 0.519. The molecule has 1 aromatic carbocycles. The highest BCUT2D eigenvalue weighted by atomic mass is 16.3. The highest BCUT2D eigenvalue weighted by molar-refractivity contribution is 5.84. The molecule has 3 aromatic heterocycles. The van der Waals surface area contributed by atoms with Gasteiger partial charge >= 0.3 is 0 Å². The van der Waals surface area contributed by atoms with E-state index >= 15 is 0 Å². The van der Waals surface area contributed by atoms with Crippen molar-refractivity contribution in [2.45, 2.75) is 19.4 Å². The third kappa shape index (κ3) is 3.88. The molecule has 7 nitrogen and oxygen atoms in total. The summed E-state index contributed by atoms with van der Waals surface area (Å²) in [6, 6.07) is 14.6. The highest BCUT2D eigenvalue weighted by Crippen LogP contribution is 2.19. The number of amides is 1. The smallest absolute Gasteiger partial charge is 0.266 e. The number of rotatable bonds is 7. The fourth-order valence-corrected chi connectivity index (χ4v) is 3.14. The predicted octanol–water partition coefficient (Wildman–Crippen LogP) is 2.73. The number of aromatic amines is 1. The van der Waals surface area contributed by atoms with Crippen LogP contribution in [0.3, 0.4) is 0 Å². The summed E-state index contributed by atoms with van der Waals surface area (Å²) in [5.41, 5.74) is 2.55. The molecule has 0 aliphatic carbocycles. The van der Waals surface area contributed by atoms with Crippen molar-refractivity contribution in [3.8, 4) is 11.5 Å². The van der Waals surface area contributed by atoms with Gasteiger partial charge in [0.2, 0.25) is 5.91 Å². The van der Waals surface area contributed by atoms with E-state index in [1.807, 2.05) is 30.5 Å². The molecular weight excluding hydrogens is 356 g/mol. The predicted molar refractivity (Wildman–Crippen MR) is 106 cm³/mol. The molecule has 0 aliphatic heterocycles. The van der Waals surface area contributed by atoms with Gasteiger partial charge in [0.05, 0.1) is 12.8 Å². The molecule has 0 fully saturated rings. The van der Waals surface area contributed by atoms with E-state index in [0.29, 0.717) is 37.4 Å². The number of aryl methyl sites for hydroxylation is 1. The molecule has 1 amide bonds. The molecule has 4 rings (SSSR count). The number of carbonyl (C=O) groups is 1. The Morgan fingerprint density at radius 2 is 2.04 bits per heavy atom. The highest BCUT2D eigenvalue weighted by Gasteiger charge is 2.08.